The van der Waals surface area contributed by atoms with Crippen molar-refractivity contribution >= 4 is 40.1 Å². The maximum Gasteiger partial charge on any atom is 0.289 e. The van der Waals surface area contributed by atoms with E-state index in [0.717, 1.165) is 16.8 Å². The van der Waals surface area contributed by atoms with Crippen molar-refractivity contribution < 1.29 is 18.7 Å². The maximum absolute atomic E-state index is 12.5. The number of amides is 2. The topological polar surface area (TPSA) is 87.9 Å². The molecule has 0 spiro atoms. The monoisotopic (exact) mass is 504 g/mol. The summed E-state index contributed by atoms with van der Waals surface area (Å²) in [5.41, 5.74) is 1.53. The Balaban J connectivity index is 1.22. The van der Waals surface area contributed by atoms with Gasteiger partial charge >= 0.3 is 0 Å². The summed E-state index contributed by atoms with van der Waals surface area (Å²) in [6, 6.07) is 20.4. The molecule has 1 aliphatic rings. The maximum atomic E-state index is 12.5. The molecule has 0 radical (unpaired) electrons. The zero-order chi connectivity index (χ0) is 24.9. The number of carbonyl (C=O) groups excluding carboxylic acids is 2. The van der Waals surface area contributed by atoms with Gasteiger partial charge in [-0.05, 0) is 42.0 Å². The fourth-order valence-corrected chi connectivity index (χ4v) is 4.33. The molecule has 0 atom stereocenters. The summed E-state index contributed by atoms with van der Waals surface area (Å²) in [4.78, 5) is 33.7. The van der Waals surface area contributed by atoms with E-state index in [-0.39, 0.29) is 18.4 Å². The summed E-state index contributed by atoms with van der Waals surface area (Å²) >= 11 is 6.15. The van der Waals surface area contributed by atoms with Gasteiger partial charge in [0.2, 0.25) is 0 Å². The van der Waals surface area contributed by atoms with Crippen molar-refractivity contribution in [1.82, 2.24) is 15.2 Å². The fraction of sp³-hybridized carbons (Fsp3) is 0.222. The Labute approximate surface area is 213 Å². The van der Waals surface area contributed by atoms with Crippen LogP contribution in [0.15, 0.2) is 77.4 Å². The van der Waals surface area contributed by atoms with E-state index in [1.54, 1.807) is 29.2 Å². The molecule has 1 N–H and O–H groups in total. The molecule has 0 unspecified atom stereocenters. The molecule has 2 aromatic heterocycles. The lowest BCUT2D eigenvalue weighted by atomic mass is 10.2. The summed E-state index contributed by atoms with van der Waals surface area (Å²) in [5, 5.41) is 4.35. The van der Waals surface area contributed by atoms with Gasteiger partial charge in [0, 0.05) is 43.1 Å². The summed E-state index contributed by atoms with van der Waals surface area (Å²) in [6.45, 7) is 2.64. The lowest BCUT2D eigenvalue weighted by Gasteiger charge is -2.35. The number of carbonyl (C=O) groups is 2. The largest absolute Gasteiger partial charge is 0.481 e. The molecule has 5 rings (SSSR count). The Kier molecular flexibility index (Phi) is 7.04. The van der Waals surface area contributed by atoms with Crippen LogP contribution < -0.4 is 15.0 Å². The number of nitrogens with zero attached hydrogens (tertiary/aromatic N) is 3. The minimum absolute atomic E-state index is 0.102. The Hall–Kier alpha value is -4.04. The van der Waals surface area contributed by atoms with Gasteiger partial charge in [0.15, 0.2) is 12.4 Å². The number of nitrogens with one attached hydrogen (secondary N) is 1. The van der Waals surface area contributed by atoms with Gasteiger partial charge in [-0.25, -0.2) is 4.98 Å². The average molecular weight is 505 g/mol. The van der Waals surface area contributed by atoms with Crippen LogP contribution in [0.25, 0.3) is 10.9 Å². The normalized spacial score (nSPS) is 13.6. The first kappa shape index (κ1) is 23.7. The summed E-state index contributed by atoms with van der Waals surface area (Å²) in [5.74, 6) is 1.33. The van der Waals surface area contributed by atoms with E-state index in [1.807, 2.05) is 42.5 Å². The van der Waals surface area contributed by atoms with E-state index < -0.39 is 0 Å². The third kappa shape index (κ3) is 5.28. The van der Waals surface area contributed by atoms with Crippen molar-refractivity contribution in [2.45, 2.75) is 6.54 Å². The van der Waals surface area contributed by atoms with Gasteiger partial charge in [-0.3, -0.25) is 9.59 Å². The molecule has 4 aromatic rings. The van der Waals surface area contributed by atoms with Gasteiger partial charge in [0.25, 0.3) is 11.8 Å². The van der Waals surface area contributed by atoms with Crippen LogP contribution in [0.2, 0.25) is 5.02 Å². The smallest absolute Gasteiger partial charge is 0.289 e. The molecule has 0 saturated carbocycles. The lowest BCUT2D eigenvalue weighted by Crippen LogP contribution is -2.49. The number of benzene rings is 2. The minimum Gasteiger partial charge on any atom is -0.481 e. The first-order valence-electron chi connectivity index (χ1n) is 11.7. The number of ether oxygens (including phenoxy) is 1. The van der Waals surface area contributed by atoms with E-state index in [9.17, 15) is 9.59 Å². The molecule has 36 heavy (non-hydrogen) atoms. The van der Waals surface area contributed by atoms with Crippen molar-refractivity contribution in [3.05, 3.63) is 89.3 Å². The minimum atomic E-state index is -0.250. The predicted molar refractivity (Wildman–Crippen MR) is 137 cm³/mol. The average Bonchev–Trinajstić information content (AvgIpc) is 3.46. The van der Waals surface area contributed by atoms with E-state index >= 15 is 0 Å². The number of anilines is 1. The van der Waals surface area contributed by atoms with Crippen molar-refractivity contribution in [3.8, 4) is 5.75 Å². The van der Waals surface area contributed by atoms with Crippen LogP contribution in [-0.2, 0) is 11.3 Å². The van der Waals surface area contributed by atoms with Gasteiger partial charge in [0.05, 0.1) is 6.26 Å². The fourth-order valence-electron chi connectivity index (χ4n) is 4.13. The number of fused-ring (bicyclic) bond motifs is 1. The molecule has 2 amide bonds. The Morgan fingerprint density at radius 1 is 0.972 bits per heavy atom. The molecular formula is C27H25ClN4O4. The highest BCUT2D eigenvalue weighted by Crippen LogP contribution is 2.27. The summed E-state index contributed by atoms with van der Waals surface area (Å²) in [7, 11) is 0. The van der Waals surface area contributed by atoms with Crippen LogP contribution >= 0.6 is 11.6 Å². The van der Waals surface area contributed by atoms with E-state index in [2.05, 4.69) is 10.2 Å². The number of pyridine rings is 1. The predicted octanol–water partition coefficient (Wildman–Crippen LogP) is 4.14. The first-order chi connectivity index (χ1) is 17.6. The van der Waals surface area contributed by atoms with Crippen molar-refractivity contribution in [3.63, 3.8) is 0 Å². The molecule has 8 nitrogen and oxygen atoms in total. The molecule has 1 saturated heterocycles. The number of hydrogen-bond donors (Lipinski definition) is 1. The molecule has 184 valence electrons. The van der Waals surface area contributed by atoms with Crippen LogP contribution in [0.5, 0.6) is 5.75 Å². The molecule has 3 heterocycles. The van der Waals surface area contributed by atoms with E-state index in [0.29, 0.717) is 54.8 Å². The molecule has 2 aromatic carbocycles. The van der Waals surface area contributed by atoms with Crippen molar-refractivity contribution in [2.75, 3.05) is 37.7 Å². The number of rotatable bonds is 7. The van der Waals surface area contributed by atoms with Crippen LogP contribution in [-0.4, -0.2) is 54.5 Å². The van der Waals surface area contributed by atoms with E-state index in [1.165, 1.54) is 6.26 Å². The third-order valence-electron chi connectivity index (χ3n) is 6.08. The third-order valence-corrected chi connectivity index (χ3v) is 6.45. The zero-order valence-corrected chi connectivity index (χ0v) is 20.3. The van der Waals surface area contributed by atoms with Crippen molar-refractivity contribution in [2.24, 2.45) is 0 Å². The number of para-hydroxylation sites is 1. The quantitative estimate of drug-likeness (QED) is 0.407. The van der Waals surface area contributed by atoms with Gasteiger partial charge in [0.1, 0.15) is 17.1 Å². The highest BCUT2D eigenvalue weighted by atomic mass is 35.5. The van der Waals surface area contributed by atoms with Crippen LogP contribution in [0, 0.1) is 0 Å². The second-order valence-corrected chi connectivity index (χ2v) is 8.82. The summed E-state index contributed by atoms with van der Waals surface area (Å²) in [6.07, 6.45) is 1.50. The van der Waals surface area contributed by atoms with Gasteiger partial charge < -0.3 is 24.3 Å². The van der Waals surface area contributed by atoms with Crippen LogP contribution in [0.1, 0.15) is 16.1 Å². The Morgan fingerprint density at radius 3 is 2.58 bits per heavy atom. The number of halogens is 1. The second kappa shape index (κ2) is 10.7. The number of aromatic nitrogens is 1. The van der Waals surface area contributed by atoms with Gasteiger partial charge in [-0.15, -0.1) is 0 Å². The standard InChI is InChI=1S/C27H25ClN4O4/c28-21-7-2-1-5-20(21)17-29-25(33)18-36-22-8-3-6-19-10-11-24(30-26(19)22)31-12-14-32(15-13-31)27(34)23-9-4-16-35-23/h1-11,16H,12-15,17-18H2,(H,29,33). The number of hydrogen-bond acceptors (Lipinski definition) is 6. The molecular weight excluding hydrogens is 480 g/mol. The Bertz CT molecular complexity index is 1370. The second-order valence-electron chi connectivity index (χ2n) is 8.41. The molecule has 1 aliphatic heterocycles. The Morgan fingerprint density at radius 2 is 1.81 bits per heavy atom. The van der Waals surface area contributed by atoms with Crippen LogP contribution in [0.3, 0.4) is 0 Å². The summed E-state index contributed by atoms with van der Waals surface area (Å²) < 4.78 is 11.1. The number of furan rings is 1. The molecule has 9 heteroatoms. The van der Waals surface area contributed by atoms with E-state index in [4.69, 9.17) is 25.7 Å². The van der Waals surface area contributed by atoms with Gasteiger partial charge in [-0.2, -0.15) is 0 Å². The molecule has 0 aliphatic carbocycles. The highest BCUT2D eigenvalue weighted by molar-refractivity contribution is 6.31. The molecule has 0 bridgehead atoms. The van der Waals surface area contributed by atoms with Gasteiger partial charge in [-0.1, -0.05) is 41.9 Å². The SMILES string of the molecule is O=C(COc1cccc2ccc(N3CCN(C(=O)c4ccco4)CC3)nc12)NCc1ccccc1Cl. The zero-order valence-electron chi connectivity index (χ0n) is 19.5. The first-order valence-corrected chi connectivity index (χ1v) is 12.1. The number of piperazine rings is 1. The van der Waals surface area contributed by atoms with Crippen LogP contribution in [0.4, 0.5) is 5.82 Å². The van der Waals surface area contributed by atoms with Crippen molar-refractivity contribution in [1.29, 1.82) is 0 Å². The lowest BCUT2D eigenvalue weighted by molar-refractivity contribution is -0.123. The highest BCUT2D eigenvalue weighted by Gasteiger charge is 2.24. The molecule has 1 fully saturated rings.